The fourth-order valence-electron chi connectivity index (χ4n) is 1.62. The number of hydrogen-bond donors (Lipinski definition) is 1. The van der Waals surface area contributed by atoms with Crippen molar-refractivity contribution in [1.29, 1.82) is 0 Å². The lowest BCUT2D eigenvalue weighted by Gasteiger charge is -2.15. The van der Waals surface area contributed by atoms with E-state index in [4.69, 9.17) is 0 Å². The number of aryl methyl sites for hydroxylation is 1. The van der Waals surface area contributed by atoms with Crippen LogP contribution in [-0.4, -0.2) is 22.0 Å². The molecule has 0 fully saturated rings. The summed E-state index contributed by atoms with van der Waals surface area (Å²) in [6, 6.07) is 1.24. The van der Waals surface area contributed by atoms with Crippen molar-refractivity contribution in [3.63, 3.8) is 0 Å². The van der Waals surface area contributed by atoms with Crippen molar-refractivity contribution in [2.45, 2.75) is 13.0 Å². The molecule has 0 aliphatic heterocycles. The molecular weight excluding hydrogens is 219 g/mol. The van der Waals surface area contributed by atoms with Gasteiger partial charge in [0.25, 0.3) is 0 Å². The Kier molecular flexibility index (Phi) is 3.39. The molecule has 1 N–H and O–H groups in total. The predicted octanol–water partition coefficient (Wildman–Crippen LogP) is 1.63. The van der Waals surface area contributed by atoms with E-state index < -0.39 is 0 Å². The van der Waals surface area contributed by atoms with E-state index in [1.807, 2.05) is 6.92 Å². The van der Waals surface area contributed by atoms with E-state index >= 15 is 0 Å². The van der Waals surface area contributed by atoms with Crippen LogP contribution in [0.5, 0.6) is 0 Å². The molecule has 0 aromatic carbocycles. The molecule has 2 heterocycles. The van der Waals surface area contributed by atoms with Gasteiger partial charge in [-0.25, -0.2) is 4.39 Å². The molecule has 0 radical (unpaired) electrons. The highest BCUT2D eigenvalue weighted by Gasteiger charge is 2.14. The van der Waals surface area contributed by atoms with Gasteiger partial charge in [-0.1, -0.05) is 0 Å². The lowest BCUT2D eigenvalue weighted by Crippen LogP contribution is -2.19. The van der Waals surface area contributed by atoms with Crippen molar-refractivity contribution in [3.05, 3.63) is 53.6 Å². The quantitative estimate of drug-likeness (QED) is 0.873. The van der Waals surface area contributed by atoms with E-state index in [2.05, 4.69) is 20.3 Å². The van der Waals surface area contributed by atoms with Gasteiger partial charge in [-0.05, 0) is 25.6 Å². The summed E-state index contributed by atoms with van der Waals surface area (Å²) in [5.74, 6) is -0.358. The maximum absolute atomic E-state index is 13.1. The van der Waals surface area contributed by atoms with Crippen molar-refractivity contribution in [2.24, 2.45) is 0 Å². The van der Waals surface area contributed by atoms with Gasteiger partial charge in [-0.2, -0.15) is 0 Å². The lowest BCUT2D eigenvalue weighted by molar-refractivity contribution is 0.605. The molecule has 1 unspecified atom stereocenters. The molecule has 0 amide bonds. The van der Waals surface area contributed by atoms with Crippen molar-refractivity contribution >= 4 is 0 Å². The van der Waals surface area contributed by atoms with Crippen molar-refractivity contribution in [2.75, 3.05) is 7.05 Å². The highest BCUT2D eigenvalue weighted by Crippen LogP contribution is 2.18. The summed E-state index contributed by atoms with van der Waals surface area (Å²) in [4.78, 5) is 12.3. The Balaban J connectivity index is 2.36. The second-order valence-electron chi connectivity index (χ2n) is 3.74. The highest BCUT2D eigenvalue weighted by molar-refractivity contribution is 5.24. The molecule has 2 aromatic rings. The zero-order valence-electron chi connectivity index (χ0n) is 9.68. The fourth-order valence-corrected chi connectivity index (χ4v) is 1.62. The van der Waals surface area contributed by atoms with Crippen LogP contribution in [0.3, 0.4) is 0 Å². The monoisotopic (exact) mass is 232 g/mol. The van der Waals surface area contributed by atoms with Crippen LogP contribution in [0.15, 0.2) is 30.9 Å². The third kappa shape index (κ3) is 2.62. The van der Waals surface area contributed by atoms with Crippen LogP contribution < -0.4 is 5.32 Å². The highest BCUT2D eigenvalue weighted by atomic mass is 19.1. The van der Waals surface area contributed by atoms with Gasteiger partial charge < -0.3 is 5.32 Å². The maximum Gasteiger partial charge on any atom is 0.141 e. The number of halogens is 1. The zero-order chi connectivity index (χ0) is 12.3. The average molecular weight is 232 g/mol. The molecule has 17 heavy (non-hydrogen) atoms. The van der Waals surface area contributed by atoms with Crippen LogP contribution in [0.25, 0.3) is 0 Å². The van der Waals surface area contributed by atoms with Gasteiger partial charge in [-0.3, -0.25) is 15.0 Å². The van der Waals surface area contributed by atoms with Gasteiger partial charge in [0, 0.05) is 12.4 Å². The number of pyridine rings is 1. The zero-order valence-corrected chi connectivity index (χ0v) is 9.68. The second kappa shape index (κ2) is 4.97. The Bertz CT molecular complexity index is 498. The normalized spacial score (nSPS) is 12.4. The SMILES string of the molecule is CNC(c1cncc(F)c1)c1cnc(C)cn1. The van der Waals surface area contributed by atoms with Crippen LogP contribution in [0.1, 0.15) is 23.0 Å². The standard InChI is InChI=1S/C12H13FN4/c1-8-4-17-11(7-16-8)12(14-2)9-3-10(13)6-15-5-9/h3-7,12,14H,1-2H3. The smallest absolute Gasteiger partial charge is 0.141 e. The molecule has 2 aromatic heterocycles. The largest absolute Gasteiger partial charge is 0.308 e. The number of hydrogen-bond acceptors (Lipinski definition) is 4. The Morgan fingerprint density at radius 1 is 1.18 bits per heavy atom. The molecule has 2 rings (SSSR count). The van der Waals surface area contributed by atoms with E-state index in [1.165, 1.54) is 12.3 Å². The number of nitrogens with one attached hydrogen (secondary N) is 1. The Morgan fingerprint density at radius 2 is 2.00 bits per heavy atom. The van der Waals surface area contributed by atoms with Crippen LogP contribution in [0.2, 0.25) is 0 Å². The Labute approximate surface area is 99.0 Å². The van der Waals surface area contributed by atoms with Crippen LogP contribution in [0.4, 0.5) is 4.39 Å². The van der Waals surface area contributed by atoms with E-state index in [-0.39, 0.29) is 11.9 Å². The molecule has 0 bridgehead atoms. The van der Waals surface area contributed by atoms with Crippen LogP contribution >= 0.6 is 0 Å². The van der Waals surface area contributed by atoms with E-state index in [1.54, 1.807) is 25.6 Å². The first-order valence-electron chi connectivity index (χ1n) is 5.27. The summed E-state index contributed by atoms with van der Waals surface area (Å²) in [6.07, 6.45) is 6.16. The molecule has 0 spiro atoms. The minimum Gasteiger partial charge on any atom is -0.308 e. The topological polar surface area (TPSA) is 50.7 Å². The van der Waals surface area contributed by atoms with Gasteiger partial charge in [0.15, 0.2) is 0 Å². The maximum atomic E-state index is 13.1. The first kappa shape index (κ1) is 11.6. The minimum atomic E-state index is -0.358. The molecule has 0 saturated heterocycles. The number of aromatic nitrogens is 3. The fraction of sp³-hybridized carbons (Fsp3) is 0.250. The average Bonchev–Trinajstić information content (AvgIpc) is 2.33. The van der Waals surface area contributed by atoms with Gasteiger partial charge in [0.1, 0.15) is 5.82 Å². The summed E-state index contributed by atoms with van der Waals surface area (Å²) in [5.41, 5.74) is 2.32. The molecule has 0 aliphatic carbocycles. The van der Waals surface area contributed by atoms with Crippen molar-refractivity contribution < 1.29 is 4.39 Å². The molecule has 1 atom stereocenters. The third-order valence-corrected chi connectivity index (χ3v) is 2.44. The summed E-state index contributed by atoms with van der Waals surface area (Å²) in [5, 5.41) is 3.07. The number of nitrogens with zero attached hydrogens (tertiary/aromatic N) is 3. The summed E-state index contributed by atoms with van der Waals surface area (Å²) < 4.78 is 13.1. The van der Waals surface area contributed by atoms with Crippen molar-refractivity contribution in [1.82, 2.24) is 20.3 Å². The molecule has 4 nitrogen and oxygen atoms in total. The van der Waals surface area contributed by atoms with E-state index in [0.717, 1.165) is 17.0 Å². The molecule has 5 heteroatoms. The first-order valence-corrected chi connectivity index (χ1v) is 5.27. The van der Waals surface area contributed by atoms with Gasteiger partial charge in [-0.15, -0.1) is 0 Å². The molecular formula is C12H13FN4. The first-order chi connectivity index (χ1) is 8.20. The molecule has 0 aliphatic rings. The van der Waals surface area contributed by atoms with Crippen LogP contribution in [-0.2, 0) is 0 Å². The van der Waals surface area contributed by atoms with E-state index in [0.29, 0.717) is 0 Å². The minimum absolute atomic E-state index is 0.203. The van der Waals surface area contributed by atoms with Gasteiger partial charge in [0.05, 0.1) is 29.8 Å². The summed E-state index contributed by atoms with van der Waals surface area (Å²) in [7, 11) is 1.79. The predicted molar refractivity (Wildman–Crippen MR) is 61.9 cm³/mol. The molecule has 88 valence electrons. The van der Waals surface area contributed by atoms with Gasteiger partial charge in [0.2, 0.25) is 0 Å². The molecule has 0 saturated carbocycles. The number of rotatable bonds is 3. The van der Waals surface area contributed by atoms with Crippen molar-refractivity contribution in [3.8, 4) is 0 Å². The Hall–Kier alpha value is -1.88. The van der Waals surface area contributed by atoms with Gasteiger partial charge >= 0.3 is 0 Å². The third-order valence-electron chi connectivity index (χ3n) is 2.44. The van der Waals surface area contributed by atoms with Crippen LogP contribution in [0, 0.1) is 12.7 Å². The Morgan fingerprint density at radius 3 is 2.59 bits per heavy atom. The lowest BCUT2D eigenvalue weighted by atomic mass is 10.1. The second-order valence-corrected chi connectivity index (χ2v) is 3.74. The summed E-state index contributed by atoms with van der Waals surface area (Å²) in [6.45, 7) is 1.87. The van der Waals surface area contributed by atoms with E-state index in [9.17, 15) is 4.39 Å². The summed E-state index contributed by atoms with van der Waals surface area (Å²) >= 11 is 0.